The summed E-state index contributed by atoms with van der Waals surface area (Å²) >= 11 is 0. The molecule has 2 rings (SSSR count). The van der Waals surface area contributed by atoms with Crippen molar-refractivity contribution in [2.45, 2.75) is 31.7 Å². The highest BCUT2D eigenvalue weighted by molar-refractivity contribution is 5.19. The van der Waals surface area contributed by atoms with Gasteiger partial charge < -0.3 is 5.73 Å². The van der Waals surface area contributed by atoms with Gasteiger partial charge in [-0.25, -0.2) is 0 Å². The third-order valence-electron chi connectivity index (χ3n) is 3.09. The predicted molar refractivity (Wildman–Crippen MR) is 55.3 cm³/mol. The lowest BCUT2D eigenvalue weighted by Gasteiger charge is -2.18. The average molecular weight is 175 g/mol. The molecular weight excluding hydrogens is 158 g/mol. The van der Waals surface area contributed by atoms with Gasteiger partial charge in [-0.15, -0.1) is 0 Å². The molecule has 1 aromatic carbocycles. The minimum atomic E-state index is 0.267. The summed E-state index contributed by atoms with van der Waals surface area (Å²) in [5, 5.41) is 0. The van der Waals surface area contributed by atoms with Crippen molar-refractivity contribution in [3.8, 4) is 0 Å². The molecule has 1 unspecified atom stereocenters. The molecule has 0 spiro atoms. The molecule has 1 fully saturated rings. The van der Waals surface area contributed by atoms with Gasteiger partial charge >= 0.3 is 0 Å². The van der Waals surface area contributed by atoms with E-state index in [1.54, 1.807) is 0 Å². The Morgan fingerprint density at radius 3 is 2.31 bits per heavy atom. The minimum Gasteiger partial charge on any atom is -0.324 e. The first-order valence-electron chi connectivity index (χ1n) is 5.18. The molecule has 0 aromatic heterocycles. The van der Waals surface area contributed by atoms with E-state index in [1.807, 2.05) is 6.07 Å². The van der Waals surface area contributed by atoms with Gasteiger partial charge in [-0.3, -0.25) is 0 Å². The second-order valence-electron chi connectivity index (χ2n) is 3.98. The fourth-order valence-corrected chi connectivity index (χ4v) is 2.26. The Kier molecular flexibility index (Phi) is 2.65. The lowest BCUT2D eigenvalue weighted by atomic mass is 9.93. The van der Waals surface area contributed by atoms with Crippen molar-refractivity contribution in [3.63, 3.8) is 0 Å². The summed E-state index contributed by atoms with van der Waals surface area (Å²) in [5.74, 6) is 0.724. The number of benzene rings is 1. The van der Waals surface area contributed by atoms with E-state index in [2.05, 4.69) is 24.3 Å². The minimum absolute atomic E-state index is 0.267. The Morgan fingerprint density at radius 2 is 1.69 bits per heavy atom. The molecule has 1 aromatic rings. The van der Waals surface area contributed by atoms with Gasteiger partial charge in [-0.05, 0) is 24.3 Å². The highest BCUT2D eigenvalue weighted by Crippen LogP contribution is 2.33. The van der Waals surface area contributed by atoms with Crippen LogP contribution in [0.3, 0.4) is 0 Å². The molecule has 0 saturated heterocycles. The molecule has 1 aliphatic carbocycles. The van der Waals surface area contributed by atoms with Crippen molar-refractivity contribution in [1.82, 2.24) is 0 Å². The van der Waals surface area contributed by atoms with Crippen molar-refractivity contribution in [3.05, 3.63) is 35.9 Å². The van der Waals surface area contributed by atoms with Gasteiger partial charge in [0.05, 0.1) is 0 Å². The van der Waals surface area contributed by atoms with Gasteiger partial charge in [0, 0.05) is 6.04 Å². The van der Waals surface area contributed by atoms with E-state index in [-0.39, 0.29) is 6.04 Å². The molecule has 0 heterocycles. The molecule has 1 heteroatoms. The third kappa shape index (κ3) is 1.92. The van der Waals surface area contributed by atoms with Crippen LogP contribution in [0.15, 0.2) is 30.3 Å². The molecule has 0 amide bonds. The second-order valence-corrected chi connectivity index (χ2v) is 3.98. The highest BCUT2D eigenvalue weighted by Gasteiger charge is 2.22. The van der Waals surface area contributed by atoms with Crippen LogP contribution in [-0.2, 0) is 0 Å². The largest absolute Gasteiger partial charge is 0.324 e. The van der Waals surface area contributed by atoms with Crippen molar-refractivity contribution in [2.75, 3.05) is 0 Å². The molecule has 70 valence electrons. The van der Waals surface area contributed by atoms with E-state index in [0.29, 0.717) is 0 Å². The third-order valence-corrected chi connectivity index (χ3v) is 3.09. The van der Waals surface area contributed by atoms with Crippen LogP contribution >= 0.6 is 0 Å². The topological polar surface area (TPSA) is 26.0 Å². The summed E-state index contributed by atoms with van der Waals surface area (Å²) in [4.78, 5) is 0. The zero-order valence-corrected chi connectivity index (χ0v) is 7.95. The summed E-state index contributed by atoms with van der Waals surface area (Å²) in [6, 6.07) is 10.7. The zero-order chi connectivity index (χ0) is 9.10. The van der Waals surface area contributed by atoms with Crippen LogP contribution in [0.2, 0.25) is 0 Å². The first-order chi connectivity index (χ1) is 6.38. The van der Waals surface area contributed by atoms with Crippen LogP contribution in [-0.4, -0.2) is 0 Å². The van der Waals surface area contributed by atoms with Crippen molar-refractivity contribution >= 4 is 0 Å². The molecule has 1 atom stereocenters. The van der Waals surface area contributed by atoms with Crippen LogP contribution in [0.5, 0.6) is 0 Å². The summed E-state index contributed by atoms with van der Waals surface area (Å²) in [6.07, 6.45) is 5.36. The summed E-state index contributed by atoms with van der Waals surface area (Å²) < 4.78 is 0. The number of hydrogen-bond acceptors (Lipinski definition) is 1. The van der Waals surface area contributed by atoms with Crippen LogP contribution < -0.4 is 5.73 Å². The summed E-state index contributed by atoms with van der Waals surface area (Å²) in [5.41, 5.74) is 7.50. The van der Waals surface area contributed by atoms with E-state index >= 15 is 0 Å². The standard InChI is InChI=1S/C12H17N/c13-12(11-8-4-5-9-11)10-6-2-1-3-7-10/h1-3,6-7,11-12H,4-5,8-9,13H2. The Bertz CT molecular complexity index is 249. The molecule has 1 nitrogen and oxygen atoms in total. The monoisotopic (exact) mass is 175 g/mol. The molecule has 13 heavy (non-hydrogen) atoms. The zero-order valence-electron chi connectivity index (χ0n) is 7.95. The van der Waals surface area contributed by atoms with E-state index in [1.165, 1.54) is 31.2 Å². The number of rotatable bonds is 2. The Morgan fingerprint density at radius 1 is 1.08 bits per heavy atom. The van der Waals surface area contributed by atoms with E-state index in [4.69, 9.17) is 5.73 Å². The lowest BCUT2D eigenvalue weighted by molar-refractivity contribution is 0.445. The quantitative estimate of drug-likeness (QED) is 0.735. The van der Waals surface area contributed by atoms with Crippen LogP contribution in [0, 0.1) is 5.92 Å². The van der Waals surface area contributed by atoms with Gasteiger partial charge in [-0.1, -0.05) is 43.2 Å². The van der Waals surface area contributed by atoms with Crippen LogP contribution in [0.25, 0.3) is 0 Å². The SMILES string of the molecule is NC(c1ccccc1)C1CCCC1. The van der Waals surface area contributed by atoms with Crippen molar-refractivity contribution in [2.24, 2.45) is 11.7 Å². The van der Waals surface area contributed by atoms with Gasteiger partial charge in [0.15, 0.2) is 0 Å². The predicted octanol–water partition coefficient (Wildman–Crippen LogP) is 2.88. The van der Waals surface area contributed by atoms with Gasteiger partial charge in [-0.2, -0.15) is 0 Å². The molecule has 0 bridgehead atoms. The lowest BCUT2D eigenvalue weighted by Crippen LogP contribution is -2.18. The smallest absolute Gasteiger partial charge is 0.0323 e. The summed E-state index contributed by atoms with van der Waals surface area (Å²) in [7, 11) is 0. The Balaban J connectivity index is 2.08. The van der Waals surface area contributed by atoms with Crippen LogP contribution in [0.4, 0.5) is 0 Å². The number of hydrogen-bond donors (Lipinski definition) is 1. The highest BCUT2D eigenvalue weighted by atomic mass is 14.7. The summed E-state index contributed by atoms with van der Waals surface area (Å²) in [6.45, 7) is 0. The van der Waals surface area contributed by atoms with Gasteiger partial charge in [0.25, 0.3) is 0 Å². The van der Waals surface area contributed by atoms with Crippen molar-refractivity contribution in [1.29, 1.82) is 0 Å². The molecular formula is C12H17N. The normalized spacial score (nSPS) is 20.4. The Hall–Kier alpha value is -0.820. The van der Waals surface area contributed by atoms with Gasteiger partial charge in [0.1, 0.15) is 0 Å². The second kappa shape index (κ2) is 3.93. The van der Waals surface area contributed by atoms with Gasteiger partial charge in [0.2, 0.25) is 0 Å². The first kappa shape index (κ1) is 8.76. The van der Waals surface area contributed by atoms with Crippen LogP contribution in [0.1, 0.15) is 37.3 Å². The van der Waals surface area contributed by atoms with E-state index < -0.39 is 0 Å². The average Bonchev–Trinajstić information content (AvgIpc) is 2.71. The fourth-order valence-electron chi connectivity index (χ4n) is 2.26. The number of nitrogens with two attached hydrogens (primary N) is 1. The van der Waals surface area contributed by atoms with E-state index in [9.17, 15) is 0 Å². The molecule has 1 saturated carbocycles. The molecule has 0 aliphatic heterocycles. The Labute approximate surface area is 80.0 Å². The molecule has 2 N–H and O–H groups in total. The molecule has 0 radical (unpaired) electrons. The van der Waals surface area contributed by atoms with Crippen molar-refractivity contribution < 1.29 is 0 Å². The first-order valence-corrected chi connectivity index (χ1v) is 5.18. The maximum atomic E-state index is 6.20. The maximum absolute atomic E-state index is 6.20. The maximum Gasteiger partial charge on any atom is 0.0323 e. The van der Waals surface area contributed by atoms with E-state index in [0.717, 1.165) is 5.92 Å². The molecule has 1 aliphatic rings. The fraction of sp³-hybridized carbons (Fsp3) is 0.500.